The Bertz CT molecular complexity index is 1500. The van der Waals surface area contributed by atoms with Gasteiger partial charge in [0, 0.05) is 12.2 Å². The highest BCUT2D eigenvalue weighted by Crippen LogP contribution is 2.29. The van der Waals surface area contributed by atoms with Gasteiger partial charge in [-0.25, -0.2) is 9.78 Å². The topological polar surface area (TPSA) is 67.2 Å². The number of hydrogen-bond acceptors (Lipinski definition) is 3. The standard InChI is InChI=1S/C31H34Cl2N4O2/c1-4-7-10-19-36(31(39)34-22-15-18-25(32)26(33)20-22)28(6-3)29-35-27-12-9-8-11-24(27)30(38)37(29)23-16-13-21(5-2)14-17-23/h8-9,11-18,20,28H,4-7,10,19H2,1-3H3,(H,34,39). The summed E-state index contributed by atoms with van der Waals surface area (Å²) in [6.45, 7) is 6.74. The number of benzene rings is 3. The van der Waals surface area contributed by atoms with Crippen LogP contribution in [0.2, 0.25) is 10.0 Å². The number of amides is 2. The van der Waals surface area contributed by atoms with Crippen LogP contribution in [0.1, 0.15) is 63.9 Å². The highest BCUT2D eigenvalue weighted by molar-refractivity contribution is 6.42. The lowest BCUT2D eigenvalue weighted by Gasteiger charge is -2.32. The molecule has 1 unspecified atom stereocenters. The number of aryl methyl sites for hydroxylation is 1. The molecule has 8 heteroatoms. The number of nitrogens with zero attached hydrogens (tertiary/aromatic N) is 3. The zero-order valence-electron chi connectivity index (χ0n) is 22.6. The molecule has 1 aromatic heterocycles. The number of urea groups is 1. The van der Waals surface area contributed by atoms with Crippen molar-refractivity contribution in [3.05, 3.63) is 98.5 Å². The van der Waals surface area contributed by atoms with E-state index in [4.69, 9.17) is 28.2 Å². The number of para-hydroxylation sites is 1. The predicted molar refractivity (Wildman–Crippen MR) is 161 cm³/mol. The zero-order valence-corrected chi connectivity index (χ0v) is 24.1. The van der Waals surface area contributed by atoms with Crippen molar-refractivity contribution in [1.29, 1.82) is 0 Å². The van der Waals surface area contributed by atoms with E-state index in [-0.39, 0.29) is 11.6 Å². The first-order valence-electron chi connectivity index (χ1n) is 13.5. The van der Waals surface area contributed by atoms with E-state index in [0.717, 1.165) is 31.4 Å². The summed E-state index contributed by atoms with van der Waals surface area (Å²) in [4.78, 5) is 34.5. The summed E-state index contributed by atoms with van der Waals surface area (Å²) >= 11 is 12.3. The number of rotatable bonds is 10. The van der Waals surface area contributed by atoms with Crippen LogP contribution in [0.4, 0.5) is 10.5 Å². The van der Waals surface area contributed by atoms with E-state index < -0.39 is 6.04 Å². The molecule has 204 valence electrons. The molecule has 0 radical (unpaired) electrons. The van der Waals surface area contributed by atoms with Gasteiger partial charge < -0.3 is 10.2 Å². The first kappa shape index (κ1) is 28.7. The number of carbonyl (C=O) groups is 1. The van der Waals surface area contributed by atoms with Gasteiger partial charge in [0.15, 0.2) is 0 Å². The first-order valence-corrected chi connectivity index (χ1v) is 14.3. The quantitative estimate of drug-likeness (QED) is 0.196. The van der Waals surface area contributed by atoms with Gasteiger partial charge in [-0.2, -0.15) is 0 Å². The van der Waals surface area contributed by atoms with Crippen LogP contribution < -0.4 is 10.9 Å². The van der Waals surface area contributed by atoms with E-state index in [9.17, 15) is 9.59 Å². The first-order chi connectivity index (χ1) is 18.9. The van der Waals surface area contributed by atoms with E-state index in [1.54, 1.807) is 33.7 Å². The van der Waals surface area contributed by atoms with Crippen molar-refractivity contribution in [1.82, 2.24) is 14.5 Å². The summed E-state index contributed by atoms with van der Waals surface area (Å²) in [5, 5.41) is 4.29. The SMILES string of the molecule is CCCCCN(C(=O)Nc1ccc(Cl)c(Cl)c1)C(CC)c1nc2ccccc2c(=O)n1-c1ccc(CC)cc1. The third kappa shape index (κ3) is 6.45. The van der Waals surface area contributed by atoms with Crippen molar-refractivity contribution < 1.29 is 4.79 Å². The maximum atomic E-state index is 13.9. The van der Waals surface area contributed by atoms with Crippen LogP contribution in [0, 0.1) is 0 Å². The summed E-state index contributed by atoms with van der Waals surface area (Å²) in [5.74, 6) is 0.534. The van der Waals surface area contributed by atoms with Gasteiger partial charge >= 0.3 is 6.03 Å². The van der Waals surface area contributed by atoms with Crippen molar-refractivity contribution in [3.63, 3.8) is 0 Å². The Balaban J connectivity index is 1.84. The lowest BCUT2D eigenvalue weighted by molar-refractivity contribution is 0.179. The molecule has 0 spiro atoms. The Labute approximate surface area is 239 Å². The molecule has 0 aliphatic carbocycles. The van der Waals surface area contributed by atoms with Gasteiger partial charge in [-0.15, -0.1) is 0 Å². The molecule has 4 aromatic rings. The molecule has 0 bridgehead atoms. The second-order valence-electron chi connectivity index (χ2n) is 9.53. The molecular formula is C31H34Cl2N4O2. The molecule has 0 saturated carbocycles. The van der Waals surface area contributed by atoms with Crippen molar-refractivity contribution in [2.24, 2.45) is 0 Å². The molecule has 39 heavy (non-hydrogen) atoms. The van der Waals surface area contributed by atoms with Crippen molar-refractivity contribution in [2.45, 2.75) is 58.9 Å². The van der Waals surface area contributed by atoms with Crippen molar-refractivity contribution in [3.8, 4) is 5.69 Å². The molecule has 1 atom stereocenters. The van der Waals surface area contributed by atoms with Crippen LogP contribution in [0.3, 0.4) is 0 Å². The molecule has 0 fully saturated rings. The number of anilines is 1. The van der Waals surface area contributed by atoms with Gasteiger partial charge in [-0.1, -0.05) is 81.1 Å². The molecule has 6 nitrogen and oxygen atoms in total. The molecule has 0 saturated heterocycles. The lowest BCUT2D eigenvalue weighted by atomic mass is 10.1. The molecule has 1 heterocycles. The predicted octanol–water partition coefficient (Wildman–Crippen LogP) is 8.43. The number of carbonyl (C=O) groups excluding carboxylic acids is 1. The van der Waals surface area contributed by atoms with Crippen LogP contribution in [0.15, 0.2) is 71.5 Å². The Morgan fingerprint density at radius 3 is 2.38 bits per heavy atom. The van der Waals surface area contributed by atoms with Crippen LogP contribution in [-0.4, -0.2) is 27.0 Å². The fraction of sp³-hybridized carbons (Fsp3) is 0.323. The summed E-state index contributed by atoms with van der Waals surface area (Å²) in [6.07, 6.45) is 4.28. The third-order valence-electron chi connectivity index (χ3n) is 6.90. The number of halogens is 2. The normalized spacial score (nSPS) is 11.9. The third-order valence-corrected chi connectivity index (χ3v) is 7.64. The Morgan fingerprint density at radius 2 is 1.72 bits per heavy atom. The fourth-order valence-electron chi connectivity index (χ4n) is 4.75. The van der Waals surface area contributed by atoms with Gasteiger partial charge in [0.2, 0.25) is 0 Å². The van der Waals surface area contributed by atoms with Crippen LogP contribution >= 0.6 is 23.2 Å². The van der Waals surface area contributed by atoms with Gasteiger partial charge in [0.1, 0.15) is 5.82 Å². The van der Waals surface area contributed by atoms with E-state index in [2.05, 4.69) is 19.2 Å². The van der Waals surface area contributed by atoms with Crippen LogP contribution in [-0.2, 0) is 6.42 Å². The summed E-state index contributed by atoms with van der Waals surface area (Å²) < 4.78 is 1.66. The largest absolute Gasteiger partial charge is 0.322 e. The Morgan fingerprint density at radius 1 is 0.974 bits per heavy atom. The number of aromatic nitrogens is 2. The lowest BCUT2D eigenvalue weighted by Crippen LogP contribution is -2.41. The molecule has 2 amide bonds. The zero-order chi connectivity index (χ0) is 27.9. The minimum Gasteiger partial charge on any atom is -0.314 e. The second kappa shape index (κ2) is 13.1. The summed E-state index contributed by atoms with van der Waals surface area (Å²) in [6, 6.07) is 19.6. The average molecular weight is 566 g/mol. The summed E-state index contributed by atoms with van der Waals surface area (Å²) in [5.41, 5.74) is 2.90. The monoisotopic (exact) mass is 564 g/mol. The molecule has 0 aliphatic rings. The van der Waals surface area contributed by atoms with E-state index in [0.29, 0.717) is 45.4 Å². The van der Waals surface area contributed by atoms with E-state index in [1.807, 2.05) is 49.4 Å². The molecule has 0 aliphatic heterocycles. The molecule has 4 rings (SSSR count). The number of hydrogen-bond donors (Lipinski definition) is 1. The average Bonchev–Trinajstić information content (AvgIpc) is 2.95. The number of unbranched alkanes of at least 4 members (excludes halogenated alkanes) is 2. The van der Waals surface area contributed by atoms with E-state index >= 15 is 0 Å². The van der Waals surface area contributed by atoms with Crippen molar-refractivity contribution in [2.75, 3.05) is 11.9 Å². The highest BCUT2D eigenvalue weighted by atomic mass is 35.5. The van der Waals surface area contributed by atoms with Gasteiger partial charge in [0.05, 0.1) is 32.7 Å². The number of fused-ring (bicyclic) bond motifs is 1. The fourth-order valence-corrected chi connectivity index (χ4v) is 5.04. The minimum atomic E-state index is -0.451. The number of nitrogens with one attached hydrogen (secondary N) is 1. The second-order valence-corrected chi connectivity index (χ2v) is 10.3. The maximum absolute atomic E-state index is 13.9. The van der Waals surface area contributed by atoms with Gasteiger partial charge in [-0.3, -0.25) is 9.36 Å². The molecule has 1 N–H and O–H groups in total. The van der Waals surface area contributed by atoms with Gasteiger partial charge in [0.25, 0.3) is 5.56 Å². The van der Waals surface area contributed by atoms with Crippen LogP contribution in [0.25, 0.3) is 16.6 Å². The molecular weight excluding hydrogens is 531 g/mol. The van der Waals surface area contributed by atoms with Crippen molar-refractivity contribution >= 4 is 45.8 Å². The van der Waals surface area contributed by atoms with E-state index in [1.165, 1.54) is 5.56 Å². The minimum absolute atomic E-state index is 0.156. The molecule has 3 aromatic carbocycles. The summed E-state index contributed by atoms with van der Waals surface area (Å²) in [7, 11) is 0. The van der Waals surface area contributed by atoms with Gasteiger partial charge in [-0.05, 0) is 67.3 Å². The Kier molecular flexibility index (Phi) is 9.65. The highest BCUT2D eigenvalue weighted by Gasteiger charge is 2.29. The Hall–Kier alpha value is -3.35. The smallest absolute Gasteiger partial charge is 0.314 e. The maximum Gasteiger partial charge on any atom is 0.322 e. The van der Waals surface area contributed by atoms with Crippen LogP contribution in [0.5, 0.6) is 0 Å².